The highest BCUT2D eigenvalue weighted by Gasteiger charge is 2.14. The van der Waals surface area contributed by atoms with Crippen LogP contribution in [0.2, 0.25) is 0 Å². The highest BCUT2D eigenvalue weighted by molar-refractivity contribution is 5.25. The number of rotatable bonds is 3. The van der Waals surface area contributed by atoms with Crippen LogP contribution in [0, 0.1) is 0 Å². The fourth-order valence-corrected chi connectivity index (χ4v) is 0.987. The van der Waals surface area contributed by atoms with Crippen LogP contribution in [-0.4, -0.2) is 28.4 Å². The fourth-order valence-electron chi connectivity index (χ4n) is 0.987. The maximum absolute atomic E-state index is 9.47. The third-order valence-electron chi connectivity index (χ3n) is 1.77. The molecule has 0 aliphatic carbocycles. The second-order valence-electron chi connectivity index (χ2n) is 2.84. The highest BCUT2D eigenvalue weighted by Crippen LogP contribution is 2.19. The van der Waals surface area contributed by atoms with Crippen molar-refractivity contribution in [1.29, 1.82) is 0 Å². The van der Waals surface area contributed by atoms with Crippen molar-refractivity contribution in [1.82, 2.24) is 4.98 Å². The zero-order valence-electron chi connectivity index (χ0n) is 7.64. The topological polar surface area (TPSA) is 62.6 Å². The van der Waals surface area contributed by atoms with Crippen molar-refractivity contribution in [3.8, 4) is 5.75 Å². The third-order valence-corrected chi connectivity index (χ3v) is 1.77. The zero-order valence-corrected chi connectivity index (χ0v) is 7.64. The molecule has 1 aromatic rings. The summed E-state index contributed by atoms with van der Waals surface area (Å²) >= 11 is 0. The van der Waals surface area contributed by atoms with Gasteiger partial charge in [0, 0.05) is 11.8 Å². The minimum Gasteiger partial charge on any atom is -0.495 e. The van der Waals surface area contributed by atoms with Crippen LogP contribution < -0.4 is 4.74 Å². The number of ether oxygens (including phenoxy) is 1. The first-order valence-corrected chi connectivity index (χ1v) is 4.00. The number of hydrogen-bond acceptors (Lipinski definition) is 4. The molecular weight excluding hydrogens is 170 g/mol. The van der Waals surface area contributed by atoms with E-state index in [1.165, 1.54) is 26.4 Å². The average Bonchev–Trinajstić information content (AvgIpc) is 2.16. The van der Waals surface area contributed by atoms with E-state index in [2.05, 4.69) is 4.98 Å². The molecule has 1 aromatic heterocycles. The molecule has 0 radical (unpaired) electrons. The van der Waals surface area contributed by atoms with E-state index < -0.39 is 12.2 Å². The molecule has 0 amide bonds. The average molecular weight is 183 g/mol. The van der Waals surface area contributed by atoms with Gasteiger partial charge in [0.05, 0.1) is 19.4 Å². The molecule has 0 saturated heterocycles. The summed E-state index contributed by atoms with van der Waals surface area (Å²) < 4.78 is 4.93. The van der Waals surface area contributed by atoms with Gasteiger partial charge in [-0.3, -0.25) is 4.98 Å². The lowest BCUT2D eigenvalue weighted by molar-refractivity contribution is 0.0302. The monoisotopic (exact) mass is 183 g/mol. The summed E-state index contributed by atoms with van der Waals surface area (Å²) in [5, 5.41) is 18.6. The van der Waals surface area contributed by atoms with Crippen LogP contribution in [-0.2, 0) is 0 Å². The van der Waals surface area contributed by atoms with Crippen molar-refractivity contribution in [2.75, 3.05) is 7.11 Å². The molecule has 0 spiro atoms. The zero-order chi connectivity index (χ0) is 9.84. The molecule has 2 N–H and O–H groups in total. The Morgan fingerprint density at radius 1 is 1.38 bits per heavy atom. The quantitative estimate of drug-likeness (QED) is 0.716. The molecule has 2 unspecified atom stereocenters. The van der Waals surface area contributed by atoms with Crippen LogP contribution in [0.1, 0.15) is 18.6 Å². The van der Waals surface area contributed by atoms with Gasteiger partial charge >= 0.3 is 0 Å². The molecule has 2 atom stereocenters. The van der Waals surface area contributed by atoms with Gasteiger partial charge in [0.1, 0.15) is 11.9 Å². The summed E-state index contributed by atoms with van der Waals surface area (Å²) in [6, 6.07) is 1.64. The van der Waals surface area contributed by atoms with Crippen LogP contribution in [0.3, 0.4) is 0 Å². The standard InChI is InChI=1S/C9H13NO3/c1-6(11)9(12)7-3-8(13-2)5-10-4-7/h3-6,9,11-12H,1-2H3. The summed E-state index contributed by atoms with van der Waals surface area (Å²) in [4.78, 5) is 3.86. The summed E-state index contributed by atoms with van der Waals surface area (Å²) in [6.07, 6.45) is 1.31. The first kappa shape index (κ1) is 9.95. The number of aliphatic hydroxyl groups excluding tert-OH is 2. The molecule has 0 saturated carbocycles. The smallest absolute Gasteiger partial charge is 0.137 e. The lowest BCUT2D eigenvalue weighted by atomic mass is 10.1. The second kappa shape index (κ2) is 4.20. The Bertz CT molecular complexity index is 275. The van der Waals surface area contributed by atoms with Gasteiger partial charge in [-0.15, -0.1) is 0 Å². The first-order valence-electron chi connectivity index (χ1n) is 4.00. The molecule has 1 rings (SSSR count). The van der Waals surface area contributed by atoms with Gasteiger partial charge in [0.2, 0.25) is 0 Å². The molecule has 72 valence electrons. The van der Waals surface area contributed by atoms with Gasteiger partial charge in [-0.25, -0.2) is 0 Å². The van der Waals surface area contributed by atoms with Crippen molar-refractivity contribution >= 4 is 0 Å². The predicted molar refractivity (Wildman–Crippen MR) is 47.4 cm³/mol. The van der Waals surface area contributed by atoms with E-state index >= 15 is 0 Å². The molecular formula is C9H13NO3. The summed E-state index contributed by atoms with van der Waals surface area (Å²) in [7, 11) is 1.52. The Morgan fingerprint density at radius 2 is 2.08 bits per heavy atom. The van der Waals surface area contributed by atoms with Gasteiger partial charge in [-0.05, 0) is 13.0 Å². The van der Waals surface area contributed by atoms with Crippen LogP contribution in [0.25, 0.3) is 0 Å². The minimum absolute atomic E-state index is 0.550. The Morgan fingerprint density at radius 3 is 2.62 bits per heavy atom. The Hall–Kier alpha value is -1.13. The van der Waals surface area contributed by atoms with E-state index in [4.69, 9.17) is 9.84 Å². The second-order valence-corrected chi connectivity index (χ2v) is 2.84. The van der Waals surface area contributed by atoms with Crippen LogP contribution in [0.5, 0.6) is 5.75 Å². The normalized spacial score (nSPS) is 15.1. The Balaban J connectivity index is 2.88. The Labute approximate surface area is 76.8 Å². The summed E-state index contributed by atoms with van der Waals surface area (Å²) in [6.45, 7) is 1.52. The molecule has 13 heavy (non-hydrogen) atoms. The molecule has 1 heterocycles. The fraction of sp³-hybridized carbons (Fsp3) is 0.444. The summed E-state index contributed by atoms with van der Waals surface area (Å²) in [5.74, 6) is 0.567. The number of pyridine rings is 1. The van der Waals surface area contributed by atoms with Crippen molar-refractivity contribution < 1.29 is 14.9 Å². The number of nitrogens with zero attached hydrogens (tertiary/aromatic N) is 1. The third kappa shape index (κ3) is 2.40. The molecule has 0 bridgehead atoms. The molecule has 0 aliphatic heterocycles. The van der Waals surface area contributed by atoms with E-state index in [0.29, 0.717) is 11.3 Å². The number of aliphatic hydroxyl groups is 2. The van der Waals surface area contributed by atoms with Crippen molar-refractivity contribution in [2.45, 2.75) is 19.1 Å². The van der Waals surface area contributed by atoms with Crippen LogP contribution in [0.4, 0.5) is 0 Å². The highest BCUT2D eigenvalue weighted by atomic mass is 16.5. The maximum atomic E-state index is 9.47. The van der Waals surface area contributed by atoms with Crippen LogP contribution >= 0.6 is 0 Å². The lowest BCUT2D eigenvalue weighted by Crippen LogP contribution is -2.13. The minimum atomic E-state index is -0.914. The van der Waals surface area contributed by atoms with Crippen molar-refractivity contribution in [2.24, 2.45) is 0 Å². The number of hydrogen-bond donors (Lipinski definition) is 2. The predicted octanol–water partition coefficient (Wildman–Crippen LogP) is 0.504. The number of aromatic nitrogens is 1. The van der Waals surface area contributed by atoms with E-state index in [1.807, 2.05) is 0 Å². The van der Waals surface area contributed by atoms with E-state index in [1.54, 1.807) is 6.07 Å². The molecule has 0 aliphatic rings. The van der Waals surface area contributed by atoms with Gasteiger partial charge in [-0.2, -0.15) is 0 Å². The van der Waals surface area contributed by atoms with E-state index in [-0.39, 0.29) is 0 Å². The van der Waals surface area contributed by atoms with Gasteiger partial charge in [0.15, 0.2) is 0 Å². The lowest BCUT2D eigenvalue weighted by Gasteiger charge is -2.13. The summed E-state index contributed by atoms with van der Waals surface area (Å²) in [5.41, 5.74) is 0.550. The molecule has 0 fully saturated rings. The van der Waals surface area contributed by atoms with E-state index in [0.717, 1.165) is 0 Å². The van der Waals surface area contributed by atoms with Crippen molar-refractivity contribution in [3.05, 3.63) is 24.0 Å². The van der Waals surface area contributed by atoms with Gasteiger partial charge in [-0.1, -0.05) is 0 Å². The van der Waals surface area contributed by atoms with Gasteiger partial charge in [0.25, 0.3) is 0 Å². The first-order chi connectivity index (χ1) is 6.15. The molecule has 4 heteroatoms. The maximum Gasteiger partial charge on any atom is 0.137 e. The SMILES string of the molecule is COc1cncc(C(O)C(C)O)c1. The van der Waals surface area contributed by atoms with Crippen molar-refractivity contribution in [3.63, 3.8) is 0 Å². The van der Waals surface area contributed by atoms with E-state index in [9.17, 15) is 5.11 Å². The largest absolute Gasteiger partial charge is 0.495 e. The molecule has 4 nitrogen and oxygen atoms in total. The molecule has 0 aromatic carbocycles. The van der Waals surface area contributed by atoms with Crippen LogP contribution in [0.15, 0.2) is 18.5 Å². The number of methoxy groups -OCH3 is 1. The van der Waals surface area contributed by atoms with Gasteiger partial charge < -0.3 is 14.9 Å². The Kier molecular flexibility index (Phi) is 3.22.